The molecule has 2 aromatic carbocycles. The first-order chi connectivity index (χ1) is 12.1. The molecule has 132 valence electrons. The molecule has 2 rings (SSSR count). The van der Waals surface area contributed by atoms with Gasteiger partial charge in [-0.3, -0.25) is 20.4 Å². The summed E-state index contributed by atoms with van der Waals surface area (Å²) >= 11 is 0. The van der Waals surface area contributed by atoms with Crippen molar-refractivity contribution in [1.82, 2.24) is 10.9 Å². The molecule has 25 heavy (non-hydrogen) atoms. The summed E-state index contributed by atoms with van der Waals surface area (Å²) in [6.07, 6.45) is -0.0495. The van der Waals surface area contributed by atoms with Crippen molar-refractivity contribution in [3.63, 3.8) is 0 Å². The summed E-state index contributed by atoms with van der Waals surface area (Å²) < 4.78 is 23.8. The van der Waals surface area contributed by atoms with Crippen LogP contribution in [0.5, 0.6) is 11.5 Å². The van der Waals surface area contributed by atoms with Crippen LogP contribution in [0, 0.1) is 5.82 Å². The fourth-order valence-electron chi connectivity index (χ4n) is 2.04. The van der Waals surface area contributed by atoms with Gasteiger partial charge in [0, 0.05) is 0 Å². The number of benzene rings is 2. The van der Waals surface area contributed by atoms with Gasteiger partial charge in [0.25, 0.3) is 5.91 Å². The first-order valence-corrected chi connectivity index (χ1v) is 7.75. The van der Waals surface area contributed by atoms with Crippen molar-refractivity contribution in [1.29, 1.82) is 0 Å². The van der Waals surface area contributed by atoms with E-state index >= 15 is 0 Å². The van der Waals surface area contributed by atoms with Crippen molar-refractivity contribution in [2.75, 3.05) is 13.2 Å². The van der Waals surface area contributed by atoms with E-state index in [2.05, 4.69) is 10.9 Å². The molecule has 6 nitrogen and oxygen atoms in total. The average Bonchev–Trinajstić information content (AvgIpc) is 2.59. The van der Waals surface area contributed by atoms with Gasteiger partial charge in [-0.15, -0.1) is 0 Å². The van der Waals surface area contributed by atoms with Crippen LogP contribution >= 0.6 is 0 Å². The number of carbonyl (C=O) groups is 2. The highest BCUT2D eigenvalue weighted by molar-refractivity contribution is 5.83. The Morgan fingerprint density at radius 1 is 0.960 bits per heavy atom. The van der Waals surface area contributed by atoms with Crippen molar-refractivity contribution >= 4 is 11.8 Å². The molecule has 7 heteroatoms. The van der Waals surface area contributed by atoms with Gasteiger partial charge in [-0.1, -0.05) is 24.3 Å². The second kappa shape index (κ2) is 9.27. The first-order valence-electron chi connectivity index (χ1n) is 7.75. The van der Waals surface area contributed by atoms with Crippen LogP contribution in [0.15, 0.2) is 48.5 Å². The van der Waals surface area contributed by atoms with Gasteiger partial charge in [0.1, 0.15) is 5.82 Å². The van der Waals surface area contributed by atoms with Gasteiger partial charge in [0.15, 0.2) is 18.1 Å². The molecule has 0 bridgehead atoms. The monoisotopic (exact) mass is 346 g/mol. The lowest BCUT2D eigenvalue weighted by molar-refractivity contribution is -0.129. The van der Waals surface area contributed by atoms with E-state index in [1.54, 1.807) is 30.3 Å². The molecule has 2 N–H and O–H groups in total. The highest BCUT2D eigenvalue weighted by Crippen LogP contribution is 2.26. The molecule has 0 saturated heterocycles. The molecule has 0 unspecified atom stereocenters. The van der Waals surface area contributed by atoms with Crippen molar-refractivity contribution < 1.29 is 23.5 Å². The molecule has 0 heterocycles. The van der Waals surface area contributed by atoms with Crippen LogP contribution < -0.4 is 20.3 Å². The maximum atomic E-state index is 13.1. The van der Waals surface area contributed by atoms with Gasteiger partial charge in [-0.05, 0) is 36.8 Å². The summed E-state index contributed by atoms with van der Waals surface area (Å²) in [5.74, 6) is -0.443. The minimum absolute atomic E-state index is 0.0495. The normalized spacial score (nSPS) is 10.0. The summed E-state index contributed by atoms with van der Waals surface area (Å²) in [6, 6.07) is 12.7. The Morgan fingerprint density at radius 3 is 2.32 bits per heavy atom. The maximum Gasteiger partial charge on any atom is 0.276 e. The number of halogens is 1. The third-order valence-electron chi connectivity index (χ3n) is 3.10. The quantitative estimate of drug-likeness (QED) is 0.752. The Kier molecular flexibility index (Phi) is 6.76. The minimum atomic E-state index is -0.529. The van der Waals surface area contributed by atoms with E-state index in [9.17, 15) is 14.0 Å². The van der Waals surface area contributed by atoms with Gasteiger partial charge in [-0.25, -0.2) is 4.39 Å². The number of hydrogen-bond donors (Lipinski definition) is 2. The van der Waals surface area contributed by atoms with Crippen LogP contribution in [-0.4, -0.2) is 25.0 Å². The Labute approximate surface area is 144 Å². The largest absolute Gasteiger partial charge is 0.490 e. The Morgan fingerprint density at radius 2 is 1.64 bits per heavy atom. The van der Waals surface area contributed by atoms with Crippen LogP contribution in [0.2, 0.25) is 0 Å². The summed E-state index contributed by atoms with van der Waals surface area (Å²) in [6.45, 7) is 2.03. The zero-order valence-electron chi connectivity index (χ0n) is 13.8. The molecule has 0 aliphatic heterocycles. The predicted molar refractivity (Wildman–Crippen MR) is 89.5 cm³/mol. The average molecular weight is 346 g/mol. The molecule has 0 fully saturated rings. The van der Waals surface area contributed by atoms with Crippen LogP contribution in [0.25, 0.3) is 0 Å². The Balaban J connectivity index is 1.76. The zero-order chi connectivity index (χ0) is 18.1. The van der Waals surface area contributed by atoms with Gasteiger partial charge < -0.3 is 9.47 Å². The lowest BCUT2D eigenvalue weighted by Gasteiger charge is -2.12. The highest BCUT2D eigenvalue weighted by Gasteiger charge is 2.09. The lowest BCUT2D eigenvalue weighted by atomic mass is 10.1. The lowest BCUT2D eigenvalue weighted by Crippen LogP contribution is -2.44. The van der Waals surface area contributed by atoms with Gasteiger partial charge >= 0.3 is 0 Å². The third-order valence-corrected chi connectivity index (χ3v) is 3.10. The van der Waals surface area contributed by atoms with E-state index in [4.69, 9.17) is 9.47 Å². The van der Waals surface area contributed by atoms with E-state index in [1.807, 2.05) is 6.92 Å². The molecule has 2 aromatic rings. The minimum Gasteiger partial charge on any atom is -0.490 e. The van der Waals surface area contributed by atoms with Gasteiger partial charge in [0.2, 0.25) is 5.91 Å². The molecule has 0 aliphatic carbocycles. The molecule has 0 aromatic heterocycles. The van der Waals surface area contributed by atoms with Crippen molar-refractivity contribution in [2.45, 2.75) is 13.3 Å². The van der Waals surface area contributed by atoms with E-state index in [1.165, 1.54) is 18.2 Å². The summed E-state index contributed by atoms with van der Waals surface area (Å²) in [5.41, 5.74) is 5.00. The topological polar surface area (TPSA) is 76.7 Å². The van der Waals surface area contributed by atoms with Crippen LogP contribution in [-0.2, 0) is 16.0 Å². The number of hydrazine groups is 1. The van der Waals surface area contributed by atoms with E-state index in [0.717, 1.165) is 0 Å². The number of carbonyl (C=O) groups excluding carboxylic acids is 2. The van der Waals surface area contributed by atoms with E-state index in [-0.39, 0.29) is 13.0 Å². The standard InChI is InChI=1S/C18H19FN2O4/c1-2-24-15-8-3-4-9-16(15)25-12-18(23)21-20-17(22)11-13-6-5-7-14(19)10-13/h3-10H,2,11-12H2,1H3,(H,20,22)(H,21,23). The smallest absolute Gasteiger partial charge is 0.276 e. The van der Waals surface area contributed by atoms with Gasteiger partial charge in [-0.2, -0.15) is 0 Å². The first kappa shape index (κ1) is 18.3. The molecule has 0 aliphatic rings. The molecule has 2 amide bonds. The number of para-hydroxylation sites is 2. The molecule has 0 atom stereocenters. The number of hydrogen-bond acceptors (Lipinski definition) is 4. The number of amides is 2. The number of ether oxygens (including phenoxy) is 2. The van der Waals surface area contributed by atoms with Crippen molar-refractivity contribution in [3.8, 4) is 11.5 Å². The van der Waals surface area contributed by atoms with Gasteiger partial charge in [0.05, 0.1) is 13.0 Å². The molecule has 0 spiro atoms. The van der Waals surface area contributed by atoms with Crippen molar-refractivity contribution in [2.24, 2.45) is 0 Å². The summed E-state index contributed by atoms with van der Waals surface area (Å²) in [4.78, 5) is 23.5. The molecular formula is C18H19FN2O4. The number of nitrogens with one attached hydrogen (secondary N) is 2. The fourth-order valence-corrected chi connectivity index (χ4v) is 2.04. The molecular weight excluding hydrogens is 327 g/mol. The van der Waals surface area contributed by atoms with E-state index in [0.29, 0.717) is 23.7 Å². The van der Waals surface area contributed by atoms with Crippen LogP contribution in [0.3, 0.4) is 0 Å². The second-order valence-corrected chi connectivity index (χ2v) is 5.07. The third kappa shape index (κ3) is 6.14. The predicted octanol–water partition coefficient (Wildman–Crippen LogP) is 1.99. The summed E-state index contributed by atoms with van der Waals surface area (Å²) in [5, 5.41) is 0. The Hall–Kier alpha value is -3.09. The maximum absolute atomic E-state index is 13.1. The molecule has 0 radical (unpaired) electrons. The fraction of sp³-hybridized carbons (Fsp3) is 0.222. The van der Waals surface area contributed by atoms with E-state index < -0.39 is 17.6 Å². The van der Waals surface area contributed by atoms with Crippen LogP contribution in [0.1, 0.15) is 12.5 Å². The highest BCUT2D eigenvalue weighted by atomic mass is 19.1. The second-order valence-electron chi connectivity index (χ2n) is 5.07. The number of rotatable bonds is 7. The zero-order valence-corrected chi connectivity index (χ0v) is 13.8. The van der Waals surface area contributed by atoms with Crippen LogP contribution in [0.4, 0.5) is 4.39 Å². The van der Waals surface area contributed by atoms with Crippen molar-refractivity contribution in [3.05, 3.63) is 59.9 Å². The SMILES string of the molecule is CCOc1ccccc1OCC(=O)NNC(=O)Cc1cccc(F)c1. The molecule has 0 saturated carbocycles. The Bertz CT molecular complexity index is 737. The summed E-state index contributed by atoms with van der Waals surface area (Å²) in [7, 11) is 0.